The number of nitrogens with zero attached hydrogens (tertiary/aromatic N) is 2. The fourth-order valence-corrected chi connectivity index (χ4v) is 4.60. The van der Waals surface area contributed by atoms with E-state index in [1.54, 1.807) is 42.7 Å². The van der Waals surface area contributed by atoms with Gasteiger partial charge in [0.1, 0.15) is 5.75 Å². The molecule has 0 saturated carbocycles. The highest BCUT2D eigenvalue weighted by atomic mass is 32.2. The molecule has 0 aliphatic carbocycles. The van der Waals surface area contributed by atoms with E-state index >= 15 is 0 Å². The Hall–Kier alpha value is -3.17. The predicted molar refractivity (Wildman–Crippen MR) is 109 cm³/mol. The highest BCUT2D eigenvalue weighted by molar-refractivity contribution is 7.90. The molecule has 1 aliphatic heterocycles. The molecule has 3 heterocycles. The van der Waals surface area contributed by atoms with E-state index in [2.05, 4.69) is 16.4 Å². The summed E-state index contributed by atoms with van der Waals surface area (Å²) in [5, 5.41) is 10.2. The van der Waals surface area contributed by atoms with E-state index in [-0.39, 0.29) is 11.4 Å². The monoisotopic (exact) mass is 415 g/mol. The van der Waals surface area contributed by atoms with Gasteiger partial charge in [0.2, 0.25) is 0 Å². The molecule has 4 rings (SSSR count). The maximum absolute atomic E-state index is 13.3. The van der Waals surface area contributed by atoms with E-state index in [1.165, 1.54) is 17.1 Å². The first-order chi connectivity index (χ1) is 14.0. The summed E-state index contributed by atoms with van der Waals surface area (Å²) in [5.41, 5.74) is 3.26. The Morgan fingerprint density at radius 1 is 1.28 bits per heavy atom. The van der Waals surface area contributed by atoms with Crippen molar-refractivity contribution in [2.45, 2.75) is 11.3 Å². The number of methoxy groups -OCH3 is 1. The third-order valence-corrected chi connectivity index (χ3v) is 6.20. The van der Waals surface area contributed by atoms with Crippen molar-refractivity contribution in [1.29, 1.82) is 0 Å². The second-order valence-electron chi connectivity index (χ2n) is 6.18. The fourth-order valence-electron chi connectivity index (χ4n) is 3.21. The molecule has 152 valence electrons. The van der Waals surface area contributed by atoms with Gasteiger partial charge < -0.3 is 15.2 Å². The quantitative estimate of drug-likeness (QED) is 0.629. The summed E-state index contributed by atoms with van der Waals surface area (Å²) < 4.78 is 33.0. The third-order valence-electron chi connectivity index (χ3n) is 4.53. The van der Waals surface area contributed by atoms with Crippen LogP contribution in [0.1, 0.15) is 12.0 Å². The van der Waals surface area contributed by atoms with Gasteiger partial charge in [0.05, 0.1) is 23.0 Å². The number of hydrogen-bond donors (Lipinski definition) is 2. The van der Waals surface area contributed by atoms with Crippen LogP contribution in [0.4, 0.5) is 0 Å². The van der Waals surface area contributed by atoms with Gasteiger partial charge in [-0.05, 0) is 42.8 Å². The Labute approximate surface area is 168 Å². The Morgan fingerprint density at radius 3 is 2.76 bits per heavy atom. The zero-order valence-electron chi connectivity index (χ0n) is 15.8. The molecule has 0 radical (unpaired) electrons. The molecule has 8 nitrogen and oxygen atoms in total. The molecule has 0 fully saturated rings. The van der Waals surface area contributed by atoms with Crippen LogP contribution in [0.5, 0.6) is 5.75 Å². The van der Waals surface area contributed by atoms with Gasteiger partial charge in [-0.15, -0.1) is 0 Å². The average molecular weight is 415 g/mol. The van der Waals surface area contributed by atoms with Crippen molar-refractivity contribution >= 4 is 33.1 Å². The summed E-state index contributed by atoms with van der Waals surface area (Å²) >= 11 is 0. The van der Waals surface area contributed by atoms with Gasteiger partial charge in [-0.2, -0.15) is 0 Å². The Balaban J connectivity index is 0.000000755. The van der Waals surface area contributed by atoms with Crippen LogP contribution >= 0.6 is 0 Å². The smallest absolute Gasteiger partial charge is 0.290 e. The van der Waals surface area contributed by atoms with E-state index in [0.717, 1.165) is 30.6 Å². The van der Waals surface area contributed by atoms with E-state index in [0.29, 0.717) is 16.8 Å². The van der Waals surface area contributed by atoms with E-state index in [4.69, 9.17) is 14.6 Å². The van der Waals surface area contributed by atoms with Crippen molar-refractivity contribution in [1.82, 2.24) is 14.3 Å². The van der Waals surface area contributed by atoms with Crippen LogP contribution in [0.2, 0.25) is 0 Å². The number of benzene rings is 1. The van der Waals surface area contributed by atoms with E-state index < -0.39 is 10.0 Å². The fraction of sp³-hybridized carbons (Fsp3) is 0.200. The molecule has 0 saturated heterocycles. The zero-order valence-corrected chi connectivity index (χ0v) is 16.6. The van der Waals surface area contributed by atoms with Crippen LogP contribution in [0, 0.1) is 0 Å². The summed E-state index contributed by atoms with van der Waals surface area (Å²) in [4.78, 5) is 13.0. The lowest BCUT2D eigenvalue weighted by atomic mass is 10.0. The normalized spacial score (nSPS) is 13.9. The maximum atomic E-state index is 13.3. The molecule has 29 heavy (non-hydrogen) atoms. The molecule has 0 amide bonds. The summed E-state index contributed by atoms with van der Waals surface area (Å²) in [6.45, 7) is 1.39. The molecule has 0 atom stereocenters. The van der Waals surface area contributed by atoms with Gasteiger partial charge in [0.15, 0.2) is 0 Å². The lowest BCUT2D eigenvalue weighted by molar-refractivity contribution is -0.122. The second-order valence-corrected chi connectivity index (χ2v) is 8.00. The Morgan fingerprint density at radius 2 is 2.07 bits per heavy atom. The van der Waals surface area contributed by atoms with Crippen LogP contribution in [0.25, 0.3) is 16.6 Å². The van der Waals surface area contributed by atoms with Gasteiger partial charge in [-0.1, -0.05) is 12.1 Å². The zero-order chi connectivity index (χ0) is 20.9. The largest absolute Gasteiger partial charge is 0.497 e. The minimum absolute atomic E-state index is 0.184. The van der Waals surface area contributed by atoms with Gasteiger partial charge in [-0.3, -0.25) is 9.78 Å². The second kappa shape index (κ2) is 8.89. The standard InChI is InChI=1S/C19H19N3O3S.CH2O2/c1-25-15-4-2-5-16(12-15)26(23,24)22-13-17(14-7-10-20-11-8-14)19-18(22)6-3-9-21-19;2-1-3/h2-7,9,12-13,20H,8,10-11H2,1H3;1H,(H,2,3). The molecule has 3 aromatic rings. The first kappa shape index (κ1) is 20.6. The Kier molecular flexibility index (Phi) is 6.30. The first-order valence-corrected chi connectivity index (χ1v) is 10.3. The number of nitrogens with one attached hydrogen (secondary N) is 1. The van der Waals surface area contributed by atoms with Crippen LogP contribution in [-0.4, -0.2) is 49.2 Å². The van der Waals surface area contributed by atoms with Gasteiger partial charge in [-0.25, -0.2) is 12.4 Å². The van der Waals surface area contributed by atoms with Crippen molar-refractivity contribution in [3.63, 3.8) is 0 Å². The van der Waals surface area contributed by atoms with Crippen molar-refractivity contribution < 1.29 is 23.1 Å². The van der Waals surface area contributed by atoms with Crippen molar-refractivity contribution in [3.05, 3.63) is 60.4 Å². The highest BCUT2D eigenvalue weighted by Gasteiger charge is 2.23. The van der Waals surface area contributed by atoms with Crippen molar-refractivity contribution in [2.75, 3.05) is 20.2 Å². The number of hydrogen-bond acceptors (Lipinski definition) is 6. The molecular weight excluding hydrogens is 394 g/mol. The predicted octanol–water partition coefficient (Wildman–Crippen LogP) is 2.36. The van der Waals surface area contributed by atoms with Gasteiger partial charge in [0.25, 0.3) is 16.5 Å². The molecule has 1 aromatic carbocycles. The Bertz CT molecular complexity index is 1150. The SMILES string of the molecule is COc1cccc(S(=O)(=O)n2cc(C3=CCNCC3)c3ncccc32)c1.O=CO. The summed E-state index contributed by atoms with van der Waals surface area (Å²) in [7, 11) is -2.25. The van der Waals surface area contributed by atoms with E-state index in [1.807, 2.05) is 0 Å². The maximum Gasteiger partial charge on any atom is 0.290 e. The minimum atomic E-state index is -3.76. The number of fused-ring (bicyclic) bond motifs is 1. The molecule has 2 aromatic heterocycles. The summed E-state index contributed by atoms with van der Waals surface area (Å²) in [6, 6.07) is 10.0. The van der Waals surface area contributed by atoms with Gasteiger partial charge >= 0.3 is 0 Å². The number of carboxylic acid groups (broad SMARTS) is 1. The van der Waals surface area contributed by atoms with Crippen molar-refractivity contribution in [3.8, 4) is 5.75 Å². The summed E-state index contributed by atoms with van der Waals surface area (Å²) in [5.74, 6) is 0.502. The lowest BCUT2D eigenvalue weighted by Crippen LogP contribution is -2.20. The van der Waals surface area contributed by atoms with E-state index in [9.17, 15) is 8.42 Å². The van der Waals surface area contributed by atoms with Crippen LogP contribution in [0.15, 0.2) is 59.8 Å². The number of aromatic nitrogens is 2. The minimum Gasteiger partial charge on any atom is -0.497 e. The molecule has 1 aliphatic rings. The topological polar surface area (TPSA) is 111 Å². The highest BCUT2D eigenvalue weighted by Crippen LogP contribution is 2.31. The molecule has 0 unspecified atom stereocenters. The number of pyridine rings is 1. The third kappa shape index (κ3) is 4.15. The molecular formula is C20H21N3O5S. The molecule has 2 N–H and O–H groups in total. The average Bonchev–Trinajstić information content (AvgIpc) is 3.15. The first-order valence-electron chi connectivity index (χ1n) is 8.86. The number of rotatable bonds is 4. The number of carbonyl (C=O) groups is 1. The van der Waals surface area contributed by atoms with Crippen LogP contribution in [-0.2, 0) is 14.8 Å². The molecule has 0 spiro atoms. The van der Waals surface area contributed by atoms with Gasteiger partial charge in [0, 0.05) is 30.6 Å². The molecule has 0 bridgehead atoms. The molecule has 9 heteroatoms. The number of ether oxygens (including phenoxy) is 1. The van der Waals surface area contributed by atoms with Crippen LogP contribution in [0.3, 0.4) is 0 Å². The summed E-state index contributed by atoms with van der Waals surface area (Å²) in [6.07, 6.45) is 6.31. The van der Waals surface area contributed by atoms with Crippen LogP contribution < -0.4 is 10.1 Å². The lowest BCUT2D eigenvalue weighted by Gasteiger charge is -2.12. The van der Waals surface area contributed by atoms with Crippen molar-refractivity contribution in [2.24, 2.45) is 0 Å².